The van der Waals surface area contributed by atoms with E-state index in [0.717, 1.165) is 5.39 Å². The zero-order valence-corrected chi connectivity index (χ0v) is 15.4. The fourth-order valence-corrected chi connectivity index (χ4v) is 2.71. The number of rotatable bonds is 2. The summed E-state index contributed by atoms with van der Waals surface area (Å²) in [4.78, 5) is 37.7. The fourth-order valence-electron chi connectivity index (χ4n) is 2.71. The summed E-state index contributed by atoms with van der Waals surface area (Å²) in [7, 11) is 0. The third-order valence-corrected chi connectivity index (χ3v) is 3.78. The Labute approximate surface area is 156 Å². The number of hydrogen-bond donors (Lipinski definition) is 1. The van der Waals surface area contributed by atoms with Crippen LogP contribution in [-0.4, -0.2) is 28.1 Å². The number of aromatic nitrogens is 1. The largest absolute Gasteiger partial charge is 0.444 e. The van der Waals surface area contributed by atoms with Crippen molar-refractivity contribution in [1.29, 1.82) is 0 Å². The van der Waals surface area contributed by atoms with Crippen LogP contribution in [0, 0.1) is 0 Å². The number of imide groups is 1. The molecular weight excluding hydrogens is 344 g/mol. The molecule has 0 fully saturated rings. The summed E-state index contributed by atoms with van der Waals surface area (Å²) in [6.45, 7) is 5.10. The van der Waals surface area contributed by atoms with Gasteiger partial charge in [-0.15, -0.1) is 0 Å². The highest BCUT2D eigenvalue weighted by molar-refractivity contribution is 6.11. The molecule has 0 bridgehead atoms. The number of ether oxygens (including phenoxy) is 1. The van der Waals surface area contributed by atoms with Crippen LogP contribution in [0.3, 0.4) is 0 Å². The van der Waals surface area contributed by atoms with E-state index in [9.17, 15) is 14.4 Å². The molecule has 138 valence electrons. The van der Waals surface area contributed by atoms with E-state index < -0.39 is 17.6 Å². The second-order valence-corrected chi connectivity index (χ2v) is 7.05. The molecule has 0 aliphatic rings. The zero-order chi connectivity index (χ0) is 19.6. The molecule has 0 radical (unpaired) electrons. The summed E-state index contributed by atoms with van der Waals surface area (Å²) in [5, 5.41) is 2.91. The predicted octanol–water partition coefficient (Wildman–Crippen LogP) is 3.99. The first kappa shape index (κ1) is 18.4. The van der Waals surface area contributed by atoms with E-state index in [1.807, 2.05) is 6.07 Å². The average Bonchev–Trinajstić information content (AvgIpc) is 3.00. The zero-order valence-electron chi connectivity index (χ0n) is 15.4. The van der Waals surface area contributed by atoms with Crippen molar-refractivity contribution >= 4 is 28.8 Å². The van der Waals surface area contributed by atoms with E-state index in [0.29, 0.717) is 11.1 Å². The number of carbonyl (C=O) groups is 3. The van der Waals surface area contributed by atoms with Crippen molar-refractivity contribution in [1.82, 2.24) is 9.88 Å². The van der Waals surface area contributed by atoms with Crippen LogP contribution >= 0.6 is 0 Å². The summed E-state index contributed by atoms with van der Waals surface area (Å²) in [6, 6.07) is 17.4. The molecule has 1 N–H and O–H groups in total. The second-order valence-electron chi connectivity index (χ2n) is 7.05. The Morgan fingerprint density at radius 1 is 0.926 bits per heavy atom. The van der Waals surface area contributed by atoms with Crippen LogP contribution in [0.25, 0.3) is 10.9 Å². The molecule has 0 aliphatic carbocycles. The first-order valence-corrected chi connectivity index (χ1v) is 8.51. The molecule has 2 aromatic carbocycles. The molecule has 3 aromatic rings. The lowest BCUT2D eigenvalue weighted by atomic mass is 10.2. The van der Waals surface area contributed by atoms with Gasteiger partial charge < -0.3 is 4.74 Å². The van der Waals surface area contributed by atoms with Gasteiger partial charge in [-0.25, -0.2) is 4.79 Å². The number of nitrogens with zero attached hydrogens (tertiary/aromatic N) is 1. The van der Waals surface area contributed by atoms with Crippen molar-refractivity contribution < 1.29 is 19.1 Å². The Kier molecular flexibility index (Phi) is 4.81. The van der Waals surface area contributed by atoms with Crippen LogP contribution in [0.15, 0.2) is 60.7 Å². The first-order chi connectivity index (χ1) is 12.8. The molecular formula is C21H20N2O4. The number of para-hydroxylation sites is 1. The maximum atomic E-state index is 13.0. The average molecular weight is 364 g/mol. The standard InChI is InChI=1S/C21H20N2O4/c1-21(2,3)27-20(26)22-18(24)17-13-15-11-7-8-12-16(15)23(17)19(25)14-9-5-4-6-10-14/h4-13H,1-3H3,(H,22,24,26). The molecule has 0 saturated carbocycles. The van der Waals surface area contributed by atoms with E-state index >= 15 is 0 Å². The maximum absolute atomic E-state index is 13.0. The Bertz CT molecular complexity index is 1010. The lowest BCUT2D eigenvalue weighted by molar-refractivity contribution is 0.0505. The van der Waals surface area contributed by atoms with Gasteiger partial charge in [-0.3, -0.25) is 19.5 Å². The van der Waals surface area contributed by atoms with Gasteiger partial charge in [0.15, 0.2) is 0 Å². The quantitative estimate of drug-likeness (QED) is 0.746. The third kappa shape index (κ3) is 4.06. The van der Waals surface area contributed by atoms with Crippen molar-refractivity contribution in [3.63, 3.8) is 0 Å². The van der Waals surface area contributed by atoms with E-state index in [1.165, 1.54) is 4.57 Å². The first-order valence-electron chi connectivity index (χ1n) is 8.51. The number of fused-ring (bicyclic) bond motifs is 1. The lowest BCUT2D eigenvalue weighted by Crippen LogP contribution is -2.37. The van der Waals surface area contributed by atoms with Gasteiger partial charge in [0.2, 0.25) is 0 Å². The predicted molar refractivity (Wildman–Crippen MR) is 102 cm³/mol. The van der Waals surface area contributed by atoms with E-state index in [-0.39, 0.29) is 11.6 Å². The summed E-state index contributed by atoms with van der Waals surface area (Å²) in [5.74, 6) is -1.06. The van der Waals surface area contributed by atoms with Gasteiger partial charge in [-0.05, 0) is 45.0 Å². The van der Waals surface area contributed by atoms with Crippen molar-refractivity contribution in [3.05, 3.63) is 71.9 Å². The van der Waals surface area contributed by atoms with Gasteiger partial charge in [0.1, 0.15) is 11.3 Å². The lowest BCUT2D eigenvalue weighted by Gasteiger charge is -2.19. The molecule has 6 nitrogen and oxygen atoms in total. The highest BCUT2D eigenvalue weighted by Crippen LogP contribution is 2.21. The Hall–Kier alpha value is -3.41. The second kappa shape index (κ2) is 7.07. The van der Waals surface area contributed by atoms with Crippen LogP contribution in [0.2, 0.25) is 0 Å². The van der Waals surface area contributed by atoms with Gasteiger partial charge in [-0.1, -0.05) is 36.4 Å². The Balaban J connectivity index is 2.01. The van der Waals surface area contributed by atoms with E-state index in [1.54, 1.807) is 75.4 Å². The summed E-state index contributed by atoms with van der Waals surface area (Å²) >= 11 is 0. The minimum atomic E-state index is -0.864. The maximum Gasteiger partial charge on any atom is 0.414 e. The fraction of sp³-hybridized carbons (Fsp3) is 0.190. The van der Waals surface area contributed by atoms with Gasteiger partial charge in [0.25, 0.3) is 11.8 Å². The van der Waals surface area contributed by atoms with E-state index in [2.05, 4.69) is 5.32 Å². The molecule has 0 saturated heterocycles. The minimum absolute atomic E-state index is 0.0657. The Morgan fingerprint density at radius 2 is 1.56 bits per heavy atom. The van der Waals surface area contributed by atoms with Crippen molar-refractivity contribution in [2.24, 2.45) is 0 Å². The number of hydrogen-bond acceptors (Lipinski definition) is 4. The molecule has 27 heavy (non-hydrogen) atoms. The van der Waals surface area contributed by atoms with Crippen molar-refractivity contribution in [2.75, 3.05) is 0 Å². The third-order valence-electron chi connectivity index (χ3n) is 3.78. The normalized spacial score (nSPS) is 11.2. The molecule has 1 aromatic heterocycles. The van der Waals surface area contributed by atoms with Crippen LogP contribution in [0.5, 0.6) is 0 Å². The minimum Gasteiger partial charge on any atom is -0.444 e. The van der Waals surface area contributed by atoms with Gasteiger partial charge in [-0.2, -0.15) is 0 Å². The van der Waals surface area contributed by atoms with Gasteiger partial charge in [0, 0.05) is 10.9 Å². The van der Waals surface area contributed by atoms with Gasteiger partial charge >= 0.3 is 6.09 Å². The van der Waals surface area contributed by atoms with Crippen molar-refractivity contribution in [3.8, 4) is 0 Å². The highest BCUT2D eigenvalue weighted by Gasteiger charge is 2.24. The molecule has 0 spiro atoms. The summed E-state index contributed by atoms with van der Waals surface area (Å²) < 4.78 is 6.43. The van der Waals surface area contributed by atoms with Crippen LogP contribution in [0.4, 0.5) is 4.79 Å². The smallest absolute Gasteiger partial charge is 0.414 e. The molecule has 3 rings (SSSR count). The number of amides is 2. The molecule has 0 atom stereocenters. The Morgan fingerprint density at radius 3 is 2.22 bits per heavy atom. The van der Waals surface area contributed by atoms with E-state index in [4.69, 9.17) is 4.74 Å². The van der Waals surface area contributed by atoms with Crippen LogP contribution < -0.4 is 5.32 Å². The molecule has 0 aliphatic heterocycles. The summed E-state index contributed by atoms with van der Waals surface area (Å²) in [6.07, 6.45) is -0.864. The number of alkyl carbamates (subject to hydrolysis) is 1. The molecule has 6 heteroatoms. The number of benzene rings is 2. The number of carbonyl (C=O) groups excluding carboxylic acids is 3. The van der Waals surface area contributed by atoms with Crippen LogP contribution in [0.1, 0.15) is 41.6 Å². The topological polar surface area (TPSA) is 77.4 Å². The molecule has 0 unspecified atom stereocenters. The number of nitrogens with one attached hydrogen (secondary N) is 1. The molecule has 2 amide bonds. The SMILES string of the molecule is CC(C)(C)OC(=O)NC(=O)c1cc2ccccc2n1C(=O)c1ccccc1. The molecule has 1 heterocycles. The van der Waals surface area contributed by atoms with Crippen LogP contribution in [-0.2, 0) is 4.74 Å². The van der Waals surface area contributed by atoms with Gasteiger partial charge in [0.05, 0.1) is 5.52 Å². The van der Waals surface area contributed by atoms with Crippen molar-refractivity contribution in [2.45, 2.75) is 26.4 Å². The summed E-state index contributed by atoms with van der Waals surface area (Å²) in [5.41, 5.74) is 0.346. The highest BCUT2D eigenvalue weighted by atomic mass is 16.6. The monoisotopic (exact) mass is 364 g/mol.